The van der Waals surface area contributed by atoms with Gasteiger partial charge in [0, 0.05) is 27.9 Å². The van der Waals surface area contributed by atoms with Gasteiger partial charge in [0.15, 0.2) is 0 Å². The maximum atomic E-state index is 12.9. The van der Waals surface area contributed by atoms with Gasteiger partial charge in [-0.05, 0) is 67.1 Å². The third-order valence-corrected chi connectivity index (χ3v) is 6.03. The van der Waals surface area contributed by atoms with Gasteiger partial charge in [-0.3, -0.25) is 9.78 Å². The second kappa shape index (κ2) is 10.1. The number of H-pyrrole nitrogens is 1. The van der Waals surface area contributed by atoms with E-state index in [0.29, 0.717) is 32.7 Å². The smallest absolute Gasteiger partial charge is 0.323 e. The van der Waals surface area contributed by atoms with Crippen LogP contribution in [0.4, 0.5) is 16.2 Å². The lowest BCUT2D eigenvalue weighted by molar-refractivity contribution is 0.103. The van der Waals surface area contributed by atoms with Gasteiger partial charge >= 0.3 is 6.03 Å². The zero-order valence-corrected chi connectivity index (χ0v) is 20.0. The summed E-state index contributed by atoms with van der Waals surface area (Å²) in [5, 5.41) is 6.48. The lowest BCUT2D eigenvalue weighted by Crippen LogP contribution is -2.19. The number of carbonyl (C=O) groups excluding carboxylic acids is 2. The number of anilines is 2. The van der Waals surface area contributed by atoms with E-state index in [-0.39, 0.29) is 11.7 Å². The molecule has 1 atom stereocenters. The van der Waals surface area contributed by atoms with Gasteiger partial charge < -0.3 is 15.6 Å². The summed E-state index contributed by atoms with van der Waals surface area (Å²) >= 11 is 12.0. The summed E-state index contributed by atoms with van der Waals surface area (Å²) in [6.07, 6.45) is 1.59. The Kier molecular flexibility index (Phi) is 7.01. The summed E-state index contributed by atoms with van der Waals surface area (Å²) in [5.74, 6) is -0.180. The highest BCUT2D eigenvalue weighted by Gasteiger charge is 2.19. The maximum Gasteiger partial charge on any atom is 0.323 e. The van der Waals surface area contributed by atoms with Crippen LogP contribution in [0, 0.1) is 6.92 Å². The SMILES string of the molecule is Cc1cc(C(C)c2ccc(NC(=O)Nc3ccccc3Cl)cn2)[nH]c1C(=O)c1ccc(Cl)cc1. The highest BCUT2D eigenvalue weighted by atomic mass is 35.5. The van der Waals surface area contributed by atoms with Crippen LogP contribution in [-0.4, -0.2) is 21.8 Å². The quantitative estimate of drug-likeness (QED) is 0.252. The van der Waals surface area contributed by atoms with Gasteiger partial charge in [0.25, 0.3) is 0 Å². The van der Waals surface area contributed by atoms with E-state index in [2.05, 4.69) is 20.6 Å². The van der Waals surface area contributed by atoms with Crippen molar-refractivity contribution < 1.29 is 9.59 Å². The summed E-state index contributed by atoms with van der Waals surface area (Å²) in [4.78, 5) is 32.9. The monoisotopic (exact) mass is 492 g/mol. The number of hydrogen-bond donors (Lipinski definition) is 3. The number of halogens is 2. The normalized spacial score (nSPS) is 11.6. The molecule has 8 heteroatoms. The van der Waals surface area contributed by atoms with Crippen molar-refractivity contribution in [1.82, 2.24) is 9.97 Å². The third kappa shape index (κ3) is 5.30. The molecule has 1 unspecified atom stereocenters. The van der Waals surface area contributed by atoms with Gasteiger partial charge in [0.2, 0.25) is 5.78 Å². The van der Waals surface area contributed by atoms with Crippen LogP contribution in [0.2, 0.25) is 10.0 Å². The molecule has 34 heavy (non-hydrogen) atoms. The summed E-state index contributed by atoms with van der Waals surface area (Å²) in [5.41, 5.74) is 4.70. The van der Waals surface area contributed by atoms with Gasteiger partial charge in [-0.2, -0.15) is 0 Å². The number of aromatic amines is 1. The fraction of sp³-hybridized carbons (Fsp3) is 0.115. The first-order valence-electron chi connectivity index (χ1n) is 10.6. The zero-order chi connectivity index (χ0) is 24.2. The van der Waals surface area contributed by atoms with E-state index in [4.69, 9.17) is 23.2 Å². The number of carbonyl (C=O) groups is 2. The second-order valence-electron chi connectivity index (χ2n) is 7.87. The maximum absolute atomic E-state index is 12.9. The number of para-hydroxylation sites is 1. The molecular weight excluding hydrogens is 471 g/mol. The molecule has 0 aliphatic carbocycles. The zero-order valence-electron chi connectivity index (χ0n) is 18.5. The van der Waals surface area contributed by atoms with Crippen molar-refractivity contribution in [2.45, 2.75) is 19.8 Å². The number of ketones is 1. The summed E-state index contributed by atoms with van der Waals surface area (Å²) in [6, 6.07) is 19.0. The highest BCUT2D eigenvalue weighted by molar-refractivity contribution is 6.33. The second-order valence-corrected chi connectivity index (χ2v) is 8.71. The number of urea groups is 1. The fourth-order valence-corrected chi connectivity index (χ4v) is 3.85. The molecule has 0 saturated carbocycles. The van der Waals surface area contributed by atoms with Gasteiger partial charge in [-0.25, -0.2) is 4.79 Å². The van der Waals surface area contributed by atoms with E-state index in [1.165, 1.54) is 0 Å². The Labute approximate surface area is 207 Å². The standard InChI is InChI=1S/C26H22Cl2N4O2/c1-15-13-23(31-24(15)25(33)17-7-9-18(27)10-8-17)16(2)21-12-11-19(14-29-21)30-26(34)32-22-6-4-3-5-20(22)28/h3-14,16,31H,1-2H3,(H2,30,32,34). The van der Waals surface area contributed by atoms with Gasteiger partial charge in [0.05, 0.1) is 28.3 Å². The van der Waals surface area contributed by atoms with Crippen molar-refractivity contribution in [2.75, 3.05) is 10.6 Å². The van der Waals surface area contributed by atoms with E-state index in [1.807, 2.05) is 26.0 Å². The molecule has 3 N–H and O–H groups in total. The van der Waals surface area contributed by atoms with Crippen molar-refractivity contribution in [3.8, 4) is 0 Å². The van der Waals surface area contributed by atoms with Crippen molar-refractivity contribution in [3.63, 3.8) is 0 Å². The van der Waals surface area contributed by atoms with Crippen LogP contribution in [0.1, 0.15) is 45.8 Å². The van der Waals surface area contributed by atoms with E-state index in [1.54, 1.807) is 60.8 Å². The summed E-state index contributed by atoms with van der Waals surface area (Å²) < 4.78 is 0. The van der Waals surface area contributed by atoms with Crippen molar-refractivity contribution in [1.29, 1.82) is 0 Å². The third-order valence-electron chi connectivity index (χ3n) is 5.45. The topological polar surface area (TPSA) is 86.9 Å². The van der Waals surface area contributed by atoms with Gasteiger partial charge in [-0.15, -0.1) is 0 Å². The molecule has 0 radical (unpaired) electrons. The molecular formula is C26H22Cl2N4O2. The van der Waals surface area contributed by atoms with Crippen LogP contribution in [0.5, 0.6) is 0 Å². The predicted octanol–water partition coefficient (Wildman–Crippen LogP) is 7.05. The largest absolute Gasteiger partial charge is 0.355 e. The van der Waals surface area contributed by atoms with Crippen molar-refractivity contribution in [3.05, 3.63) is 111 Å². The van der Waals surface area contributed by atoms with Crippen LogP contribution < -0.4 is 10.6 Å². The highest BCUT2D eigenvalue weighted by Crippen LogP contribution is 2.26. The average Bonchev–Trinajstić information content (AvgIpc) is 3.22. The number of aromatic nitrogens is 2. The molecule has 0 bridgehead atoms. The van der Waals surface area contributed by atoms with Crippen molar-refractivity contribution in [2.24, 2.45) is 0 Å². The minimum Gasteiger partial charge on any atom is -0.355 e. The Morgan fingerprint density at radius 2 is 1.71 bits per heavy atom. The first-order valence-corrected chi connectivity index (χ1v) is 11.4. The predicted molar refractivity (Wildman–Crippen MR) is 136 cm³/mol. The number of nitrogens with one attached hydrogen (secondary N) is 3. The molecule has 0 fully saturated rings. The van der Waals surface area contributed by atoms with Gasteiger partial charge in [0.1, 0.15) is 0 Å². The number of amides is 2. The first kappa shape index (κ1) is 23.5. The number of rotatable bonds is 6. The van der Waals surface area contributed by atoms with E-state index < -0.39 is 6.03 Å². The molecule has 4 rings (SSSR count). The molecule has 2 aromatic heterocycles. The molecule has 172 valence electrons. The van der Waals surface area contributed by atoms with Crippen LogP contribution in [0.25, 0.3) is 0 Å². The van der Waals surface area contributed by atoms with Crippen LogP contribution in [0.15, 0.2) is 72.9 Å². The average molecular weight is 493 g/mol. The van der Waals surface area contributed by atoms with Crippen LogP contribution in [-0.2, 0) is 0 Å². The minimum atomic E-state index is -0.416. The minimum absolute atomic E-state index is 0.0866. The Bertz CT molecular complexity index is 1330. The number of pyridine rings is 1. The molecule has 0 aliphatic heterocycles. The van der Waals surface area contributed by atoms with E-state index in [9.17, 15) is 9.59 Å². The molecule has 4 aromatic rings. The summed E-state index contributed by atoms with van der Waals surface area (Å²) in [6.45, 7) is 3.90. The first-order chi connectivity index (χ1) is 16.3. The Balaban J connectivity index is 1.44. The molecule has 0 saturated heterocycles. The van der Waals surface area contributed by atoms with Crippen LogP contribution >= 0.6 is 23.2 Å². The number of aryl methyl sites for hydroxylation is 1. The van der Waals surface area contributed by atoms with E-state index in [0.717, 1.165) is 17.0 Å². The molecule has 0 aliphatic rings. The molecule has 2 heterocycles. The Morgan fingerprint density at radius 3 is 2.38 bits per heavy atom. The molecule has 2 amide bonds. The number of nitrogens with zero attached hydrogens (tertiary/aromatic N) is 1. The lowest BCUT2D eigenvalue weighted by Gasteiger charge is -2.12. The molecule has 2 aromatic carbocycles. The van der Waals surface area contributed by atoms with Crippen molar-refractivity contribution >= 4 is 46.4 Å². The Morgan fingerprint density at radius 1 is 0.971 bits per heavy atom. The van der Waals surface area contributed by atoms with Crippen LogP contribution in [0.3, 0.4) is 0 Å². The lowest BCUT2D eigenvalue weighted by atomic mass is 10.0. The number of hydrogen-bond acceptors (Lipinski definition) is 3. The van der Waals surface area contributed by atoms with E-state index >= 15 is 0 Å². The number of benzene rings is 2. The molecule has 0 spiro atoms. The summed E-state index contributed by atoms with van der Waals surface area (Å²) in [7, 11) is 0. The Hall–Kier alpha value is -3.61. The fourth-order valence-electron chi connectivity index (χ4n) is 3.54. The molecule has 6 nitrogen and oxygen atoms in total. The van der Waals surface area contributed by atoms with Gasteiger partial charge in [-0.1, -0.05) is 42.3 Å².